The molecule has 0 bridgehead atoms. The monoisotopic (exact) mass is 424 g/mol. The Morgan fingerprint density at radius 3 is 2.66 bits per heavy atom. The molecule has 0 radical (unpaired) electrons. The predicted octanol–water partition coefficient (Wildman–Crippen LogP) is 5.69. The van der Waals surface area contributed by atoms with Crippen molar-refractivity contribution in [2.24, 2.45) is 0 Å². The minimum Gasteiger partial charge on any atom is -0.410 e. The molecule has 6 nitrogen and oxygen atoms in total. The molecule has 2 aromatic carbocycles. The summed E-state index contributed by atoms with van der Waals surface area (Å²) < 4.78 is 6.19. The van der Waals surface area contributed by atoms with Crippen molar-refractivity contribution in [3.8, 4) is 16.9 Å². The summed E-state index contributed by atoms with van der Waals surface area (Å²) in [6.45, 7) is 0. The van der Waals surface area contributed by atoms with E-state index in [1.54, 1.807) is 30.5 Å². The van der Waals surface area contributed by atoms with Crippen LogP contribution in [0.2, 0.25) is 5.15 Å². The third-order valence-electron chi connectivity index (χ3n) is 4.19. The number of amides is 1. The number of carbonyl (C=O) groups excluding carboxylic acids is 1. The maximum absolute atomic E-state index is 12.1. The van der Waals surface area contributed by atoms with Crippen molar-refractivity contribution in [1.82, 2.24) is 9.97 Å². The van der Waals surface area contributed by atoms with Crippen molar-refractivity contribution < 1.29 is 9.53 Å². The van der Waals surface area contributed by atoms with Crippen LogP contribution in [0.25, 0.3) is 21.3 Å². The zero-order chi connectivity index (χ0) is 20.4. The first-order valence-corrected chi connectivity index (χ1v) is 9.97. The van der Waals surface area contributed by atoms with E-state index in [-0.39, 0.29) is 0 Å². The largest absolute Gasteiger partial charge is 0.418 e. The van der Waals surface area contributed by atoms with E-state index in [0.29, 0.717) is 16.0 Å². The van der Waals surface area contributed by atoms with Gasteiger partial charge in [0.15, 0.2) is 10.3 Å². The molecular formula is C21H17ClN4O2S. The number of rotatable bonds is 4. The van der Waals surface area contributed by atoms with Crippen LogP contribution in [0.5, 0.6) is 5.75 Å². The Hall–Kier alpha value is -3.16. The minimum atomic E-state index is -0.576. The van der Waals surface area contributed by atoms with Crippen LogP contribution in [0.1, 0.15) is 0 Å². The SMILES string of the molecule is CN(C)c1cc(-c2ccc3nc(NC(=O)Oc4ccccc4)sc3c2)cnc1Cl. The predicted molar refractivity (Wildman–Crippen MR) is 118 cm³/mol. The van der Waals surface area contributed by atoms with Gasteiger partial charge in [-0.3, -0.25) is 5.32 Å². The lowest BCUT2D eigenvalue weighted by Gasteiger charge is -2.14. The van der Waals surface area contributed by atoms with Crippen molar-refractivity contribution >= 4 is 50.1 Å². The molecule has 4 aromatic rings. The number of fused-ring (bicyclic) bond motifs is 1. The smallest absolute Gasteiger partial charge is 0.410 e. The molecule has 0 saturated carbocycles. The third-order valence-corrected chi connectivity index (χ3v) is 5.41. The minimum absolute atomic E-state index is 0.459. The van der Waals surface area contributed by atoms with Crippen LogP contribution < -0.4 is 15.0 Å². The third kappa shape index (κ3) is 4.31. The highest BCUT2D eigenvalue weighted by Gasteiger charge is 2.12. The van der Waals surface area contributed by atoms with E-state index in [1.165, 1.54) is 11.3 Å². The highest BCUT2D eigenvalue weighted by atomic mass is 35.5. The van der Waals surface area contributed by atoms with Gasteiger partial charge in [-0.25, -0.2) is 14.8 Å². The molecule has 146 valence electrons. The second-order valence-corrected chi connectivity index (χ2v) is 7.85. The number of halogens is 1. The lowest BCUT2D eigenvalue weighted by molar-refractivity contribution is 0.215. The molecule has 0 saturated heterocycles. The Morgan fingerprint density at radius 2 is 1.90 bits per heavy atom. The molecule has 4 rings (SSSR count). The molecule has 2 heterocycles. The molecule has 1 N–H and O–H groups in total. The molecular weight excluding hydrogens is 408 g/mol. The first-order valence-electron chi connectivity index (χ1n) is 8.77. The molecule has 0 atom stereocenters. The second-order valence-electron chi connectivity index (χ2n) is 6.46. The molecule has 1 amide bonds. The summed E-state index contributed by atoms with van der Waals surface area (Å²) in [7, 11) is 3.84. The first-order chi connectivity index (χ1) is 14.0. The molecule has 29 heavy (non-hydrogen) atoms. The summed E-state index contributed by atoms with van der Waals surface area (Å²) in [5.41, 5.74) is 3.58. The van der Waals surface area contributed by atoms with E-state index in [2.05, 4.69) is 15.3 Å². The Bertz CT molecular complexity index is 1180. The molecule has 2 aromatic heterocycles. The summed E-state index contributed by atoms with van der Waals surface area (Å²) >= 11 is 7.55. The highest BCUT2D eigenvalue weighted by Crippen LogP contribution is 2.33. The lowest BCUT2D eigenvalue weighted by Crippen LogP contribution is -2.16. The highest BCUT2D eigenvalue weighted by molar-refractivity contribution is 7.22. The molecule has 0 fully saturated rings. The molecule has 0 spiro atoms. The van der Waals surface area contributed by atoms with E-state index >= 15 is 0 Å². The summed E-state index contributed by atoms with van der Waals surface area (Å²) in [5.74, 6) is 0.473. The number of hydrogen-bond acceptors (Lipinski definition) is 6. The quantitative estimate of drug-likeness (QED) is 0.426. The van der Waals surface area contributed by atoms with Gasteiger partial charge in [-0.05, 0) is 35.9 Å². The topological polar surface area (TPSA) is 67.4 Å². The van der Waals surface area contributed by atoms with Gasteiger partial charge in [0.05, 0.1) is 15.9 Å². The number of nitrogens with zero attached hydrogens (tertiary/aromatic N) is 3. The second kappa shape index (κ2) is 8.06. The summed E-state index contributed by atoms with van der Waals surface area (Å²) in [6, 6.07) is 16.8. The van der Waals surface area contributed by atoms with Crippen LogP contribution in [0, 0.1) is 0 Å². The maximum Gasteiger partial charge on any atom is 0.418 e. The van der Waals surface area contributed by atoms with Crippen LogP contribution in [0.15, 0.2) is 60.8 Å². The van der Waals surface area contributed by atoms with Crippen LogP contribution in [-0.4, -0.2) is 30.2 Å². The Balaban J connectivity index is 1.56. The number of pyridine rings is 1. The average Bonchev–Trinajstić information content (AvgIpc) is 3.10. The van der Waals surface area contributed by atoms with Crippen LogP contribution in [0.3, 0.4) is 0 Å². The fraction of sp³-hybridized carbons (Fsp3) is 0.0952. The van der Waals surface area contributed by atoms with Gasteiger partial charge in [-0.15, -0.1) is 0 Å². The van der Waals surface area contributed by atoms with Gasteiger partial charge in [0.2, 0.25) is 0 Å². The van der Waals surface area contributed by atoms with Gasteiger partial charge in [-0.2, -0.15) is 0 Å². The normalized spacial score (nSPS) is 10.7. The fourth-order valence-corrected chi connectivity index (χ4v) is 3.94. The first kappa shape index (κ1) is 19.2. The zero-order valence-electron chi connectivity index (χ0n) is 15.7. The van der Waals surface area contributed by atoms with Crippen molar-refractivity contribution in [1.29, 1.82) is 0 Å². The number of aromatic nitrogens is 2. The van der Waals surface area contributed by atoms with Crippen molar-refractivity contribution in [2.75, 3.05) is 24.3 Å². The Labute approximate surface area is 176 Å². The number of para-hydroxylation sites is 1. The van der Waals surface area contributed by atoms with Gasteiger partial charge in [-0.1, -0.05) is 47.2 Å². The van der Waals surface area contributed by atoms with E-state index < -0.39 is 6.09 Å². The van der Waals surface area contributed by atoms with Crippen molar-refractivity contribution in [3.05, 3.63) is 65.9 Å². The molecule has 8 heteroatoms. The summed E-state index contributed by atoms with van der Waals surface area (Å²) in [4.78, 5) is 22.7. The van der Waals surface area contributed by atoms with Crippen molar-refractivity contribution in [3.63, 3.8) is 0 Å². The Kier molecular flexibility index (Phi) is 5.33. The summed E-state index contributed by atoms with van der Waals surface area (Å²) in [6.07, 6.45) is 1.17. The van der Waals surface area contributed by atoms with E-state index in [4.69, 9.17) is 16.3 Å². The molecule has 0 aliphatic carbocycles. The average molecular weight is 425 g/mol. The van der Waals surface area contributed by atoms with Crippen LogP contribution >= 0.6 is 22.9 Å². The van der Waals surface area contributed by atoms with Gasteiger partial charge < -0.3 is 9.64 Å². The molecule has 0 unspecified atom stereocenters. The fourth-order valence-electron chi connectivity index (χ4n) is 2.77. The van der Waals surface area contributed by atoms with Gasteiger partial charge in [0, 0.05) is 25.9 Å². The number of nitrogens with one attached hydrogen (secondary N) is 1. The van der Waals surface area contributed by atoms with E-state index in [1.807, 2.05) is 49.3 Å². The standard InChI is InChI=1S/C21H17ClN4O2S/c1-26(2)17-10-14(12-23-19(17)22)13-8-9-16-18(11-13)29-20(24-16)25-21(27)28-15-6-4-3-5-7-15/h3-12H,1-2H3,(H,24,25,27). The number of benzene rings is 2. The van der Waals surface area contributed by atoms with Gasteiger partial charge >= 0.3 is 6.09 Å². The zero-order valence-corrected chi connectivity index (χ0v) is 17.3. The van der Waals surface area contributed by atoms with E-state index in [9.17, 15) is 4.79 Å². The number of thiazole rings is 1. The molecule has 0 aliphatic rings. The van der Waals surface area contributed by atoms with E-state index in [0.717, 1.165) is 27.0 Å². The summed E-state index contributed by atoms with van der Waals surface area (Å²) in [5, 5.41) is 3.61. The number of carbonyl (C=O) groups is 1. The Morgan fingerprint density at radius 1 is 1.10 bits per heavy atom. The maximum atomic E-state index is 12.1. The van der Waals surface area contributed by atoms with Crippen molar-refractivity contribution in [2.45, 2.75) is 0 Å². The van der Waals surface area contributed by atoms with Crippen LogP contribution in [0.4, 0.5) is 15.6 Å². The van der Waals surface area contributed by atoms with Gasteiger partial charge in [0.25, 0.3) is 0 Å². The van der Waals surface area contributed by atoms with Gasteiger partial charge in [0.1, 0.15) is 5.75 Å². The molecule has 0 aliphatic heterocycles. The lowest BCUT2D eigenvalue weighted by atomic mass is 10.1. The van der Waals surface area contributed by atoms with Crippen LogP contribution in [-0.2, 0) is 0 Å². The number of hydrogen-bond donors (Lipinski definition) is 1. The number of ether oxygens (including phenoxy) is 1. The number of anilines is 2.